The highest BCUT2D eigenvalue weighted by atomic mass is 16.5. The van der Waals surface area contributed by atoms with Gasteiger partial charge in [-0.25, -0.2) is 4.98 Å². The molecule has 1 saturated carbocycles. The average Bonchev–Trinajstić information content (AvgIpc) is 3.07. The molecule has 32 heavy (non-hydrogen) atoms. The van der Waals surface area contributed by atoms with Crippen LogP contribution >= 0.6 is 0 Å². The van der Waals surface area contributed by atoms with Crippen LogP contribution < -0.4 is 4.90 Å². The van der Waals surface area contributed by atoms with Crippen LogP contribution in [0.3, 0.4) is 0 Å². The molecule has 1 aliphatic carbocycles. The number of nitrogens with zero attached hydrogens (tertiary/aromatic N) is 2. The van der Waals surface area contributed by atoms with E-state index in [1.54, 1.807) is 11.1 Å². The lowest BCUT2D eigenvalue weighted by molar-refractivity contribution is -0.132. The van der Waals surface area contributed by atoms with Gasteiger partial charge in [0, 0.05) is 6.20 Å². The number of benzene rings is 1. The van der Waals surface area contributed by atoms with Crippen molar-refractivity contribution < 1.29 is 14.3 Å². The largest absolute Gasteiger partial charge is 0.483 e. The number of hydrogen-bond acceptors (Lipinski definition) is 4. The van der Waals surface area contributed by atoms with E-state index in [4.69, 9.17) is 4.74 Å². The van der Waals surface area contributed by atoms with Crippen LogP contribution in [0.4, 0.5) is 5.82 Å². The van der Waals surface area contributed by atoms with Crippen molar-refractivity contribution >= 4 is 17.5 Å². The predicted molar refractivity (Wildman–Crippen MR) is 123 cm³/mol. The number of ether oxygens (including phenoxy) is 1. The van der Waals surface area contributed by atoms with Gasteiger partial charge in [-0.3, -0.25) is 14.5 Å². The van der Waals surface area contributed by atoms with E-state index in [1.165, 1.54) is 5.56 Å². The number of rotatable bonds is 2. The second kappa shape index (κ2) is 7.58. The first kappa shape index (κ1) is 20.9. The summed E-state index contributed by atoms with van der Waals surface area (Å²) < 4.78 is 6.27. The summed E-state index contributed by atoms with van der Waals surface area (Å²) >= 11 is 0. The summed E-state index contributed by atoms with van der Waals surface area (Å²) in [5.41, 5.74) is 2.63. The zero-order valence-corrected chi connectivity index (χ0v) is 19.2. The van der Waals surface area contributed by atoms with Crippen LogP contribution in [-0.4, -0.2) is 22.8 Å². The molecule has 1 aromatic carbocycles. The van der Waals surface area contributed by atoms with Crippen LogP contribution in [0.25, 0.3) is 0 Å². The molecule has 4 atom stereocenters. The van der Waals surface area contributed by atoms with Gasteiger partial charge in [-0.2, -0.15) is 0 Å². The zero-order chi connectivity index (χ0) is 22.6. The Bertz CT molecular complexity index is 1080. The van der Waals surface area contributed by atoms with Crippen LogP contribution in [0.15, 0.2) is 60.0 Å². The van der Waals surface area contributed by atoms with Crippen molar-refractivity contribution in [2.45, 2.75) is 64.5 Å². The molecule has 5 heteroatoms. The maximum absolute atomic E-state index is 13.8. The number of carbonyl (C=O) groups is 2. The number of anilines is 1. The molecule has 4 unspecified atom stereocenters. The van der Waals surface area contributed by atoms with E-state index in [1.807, 2.05) is 30.3 Å². The maximum atomic E-state index is 13.8. The number of fused-ring (bicyclic) bond motifs is 1. The van der Waals surface area contributed by atoms with Crippen LogP contribution in [0.2, 0.25) is 0 Å². The fraction of sp³-hybridized carbons (Fsp3) is 0.444. The first-order chi connectivity index (χ1) is 15.3. The monoisotopic (exact) mass is 430 g/mol. The van der Waals surface area contributed by atoms with Crippen LogP contribution in [0.5, 0.6) is 0 Å². The number of amides is 1. The molecule has 0 spiro atoms. The Kier molecular flexibility index (Phi) is 4.95. The number of pyridine rings is 1. The molecule has 0 bridgehead atoms. The second-order valence-electron chi connectivity index (χ2n) is 10.4. The number of aromatic nitrogens is 1. The first-order valence-electron chi connectivity index (χ1n) is 11.6. The number of ketones is 1. The molecule has 5 rings (SSSR count). The van der Waals surface area contributed by atoms with Crippen molar-refractivity contribution in [1.82, 2.24) is 4.98 Å². The molecule has 0 saturated heterocycles. The molecule has 5 nitrogen and oxygen atoms in total. The third-order valence-electron chi connectivity index (χ3n) is 7.10. The molecule has 2 aromatic rings. The Morgan fingerprint density at radius 2 is 1.78 bits per heavy atom. The average molecular weight is 431 g/mol. The van der Waals surface area contributed by atoms with Gasteiger partial charge in [0.05, 0.1) is 17.5 Å². The second-order valence-corrected chi connectivity index (χ2v) is 10.4. The summed E-state index contributed by atoms with van der Waals surface area (Å²) in [6.07, 6.45) is 4.12. The molecule has 3 aliphatic rings. The molecular weight excluding hydrogens is 400 g/mol. The van der Waals surface area contributed by atoms with Crippen molar-refractivity contribution in [3.63, 3.8) is 0 Å². The Hall–Kier alpha value is -2.95. The highest BCUT2D eigenvalue weighted by Gasteiger charge is 2.53. The molecule has 0 radical (unpaired) electrons. The van der Waals surface area contributed by atoms with Crippen LogP contribution in [0, 0.1) is 11.8 Å². The van der Waals surface area contributed by atoms with E-state index in [0.717, 1.165) is 24.8 Å². The fourth-order valence-corrected chi connectivity index (χ4v) is 5.29. The van der Waals surface area contributed by atoms with E-state index in [9.17, 15) is 9.59 Å². The van der Waals surface area contributed by atoms with Gasteiger partial charge in [0.15, 0.2) is 11.5 Å². The van der Waals surface area contributed by atoms with E-state index >= 15 is 0 Å². The van der Waals surface area contributed by atoms with Crippen molar-refractivity contribution in [2.75, 3.05) is 4.90 Å². The fourth-order valence-electron chi connectivity index (χ4n) is 5.29. The summed E-state index contributed by atoms with van der Waals surface area (Å²) in [4.78, 5) is 33.4. The summed E-state index contributed by atoms with van der Waals surface area (Å²) in [5, 5.41) is 0. The third kappa shape index (κ3) is 3.35. The SMILES string of the molecule is CC1CCC2OC3=C(C(=O)C2C1)C(c1ccc(C(C)(C)C)cc1)N(c1ccccn1)C3=O. The van der Waals surface area contributed by atoms with Gasteiger partial charge in [-0.05, 0) is 53.9 Å². The molecule has 1 amide bonds. The highest BCUT2D eigenvalue weighted by molar-refractivity contribution is 6.17. The highest BCUT2D eigenvalue weighted by Crippen LogP contribution is 2.48. The minimum atomic E-state index is -0.521. The smallest absolute Gasteiger partial charge is 0.295 e. The van der Waals surface area contributed by atoms with Gasteiger partial charge in [-0.1, -0.05) is 58.0 Å². The third-order valence-corrected chi connectivity index (χ3v) is 7.10. The van der Waals surface area contributed by atoms with Gasteiger partial charge in [0.25, 0.3) is 5.91 Å². The Morgan fingerprint density at radius 1 is 1.03 bits per heavy atom. The summed E-state index contributed by atoms with van der Waals surface area (Å²) in [7, 11) is 0. The van der Waals surface area contributed by atoms with Crippen LogP contribution in [0.1, 0.15) is 64.1 Å². The summed E-state index contributed by atoms with van der Waals surface area (Å²) in [6, 6.07) is 13.2. The van der Waals surface area contributed by atoms with Crippen molar-refractivity contribution in [3.8, 4) is 0 Å². The minimum Gasteiger partial charge on any atom is -0.483 e. The van der Waals surface area contributed by atoms with Gasteiger partial charge in [-0.15, -0.1) is 0 Å². The molecule has 166 valence electrons. The first-order valence-corrected chi connectivity index (χ1v) is 11.6. The van der Waals surface area contributed by atoms with Gasteiger partial charge in [0.1, 0.15) is 11.9 Å². The van der Waals surface area contributed by atoms with Crippen molar-refractivity contribution in [2.24, 2.45) is 11.8 Å². The topological polar surface area (TPSA) is 59.5 Å². The van der Waals surface area contributed by atoms with Gasteiger partial charge >= 0.3 is 0 Å². The van der Waals surface area contributed by atoms with E-state index in [-0.39, 0.29) is 34.9 Å². The van der Waals surface area contributed by atoms with Crippen LogP contribution in [-0.2, 0) is 19.7 Å². The van der Waals surface area contributed by atoms with Crippen molar-refractivity contribution in [3.05, 3.63) is 71.1 Å². The lowest BCUT2D eigenvalue weighted by Crippen LogP contribution is -2.41. The molecule has 3 heterocycles. The zero-order valence-electron chi connectivity index (χ0n) is 19.2. The predicted octanol–water partition coefficient (Wildman–Crippen LogP) is 5.13. The standard InChI is InChI=1S/C27H30N2O3/c1-16-8-13-20-19(15-16)24(30)22-23(17-9-11-18(12-10-17)27(2,3)4)29(26(31)25(22)32-20)21-7-5-6-14-28-21/h5-7,9-12,14,16,19-20,23H,8,13,15H2,1-4H3. The quantitative estimate of drug-likeness (QED) is 0.663. The molecule has 1 fully saturated rings. The number of hydrogen-bond donors (Lipinski definition) is 0. The Morgan fingerprint density at radius 3 is 2.44 bits per heavy atom. The normalized spacial score (nSPS) is 27.8. The Labute approximate surface area is 189 Å². The lowest BCUT2D eigenvalue weighted by atomic mass is 9.74. The summed E-state index contributed by atoms with van der Waals surface area (Å²) in [5.74, 6) is 0.865. The molecule has 2 aliphatic heterocycles. The van der Waals surface area contributed by atoms with Crippen molar-refractivity contribution in [1.29, 1.82) is 0 Å². The summed E-state index contributed by atoms with van der Waals surface area (Å²) in [6.45, 7) is 8.70. The maximum Gasteiger partial charge on any atom is 0.295 e. The van der Waals surface area contributed by atoms with Gasteiger partial charge in [0.2, 0.25) is 0 Å². The minimum absolute atomic E-state index is 0.0182. The number of carbonyl (C=O) groups excluding carboxylic acids is 2. The lowest BCUT2D eigenvalue weighted by Gasteiger charge is -2.37. The molecular formula is C27H30N2O3. The van der Waals surface area contributed by atoms with E-state index in [2.05, 4.69) is 44.8 Å². The van der Waals surface area contributed by atoms with E-state index < -0.39 is 6.04 Å². The Balaban J connectivity index is 1.62. The molecule has 0 N–H and O–H groups in total. The van der Waals surface area contributed by atoms with Gasteiger partial charge < -0.3 is 4.74 Å². The number of Topliss-reactive ketones (excluding diaryl/α,β-unsaturated/α-hetero) is 1. The molecule has 1 aromatic heterocycles. The van der Waals surface area contributed by atoms with E-state index in [0.29, 0.717) is 17.3 Å².